The van der Waals surface area contributed by atoms with Crippen molar-refractivity contribution in [1.29, 1.82) is 0 Å². The van der Waals surface area contributed by atoms with Crippen LogP contribution in [0.3, 0.4) is 0 Å². The molecule has 1 aliphatic rings. The van der Waals surface area contributed by atoms with Crippen LogP contribution in [-0.4, -0.2) is 29.4 Å². The van der Waals surface area contributed by atoms with Crippen molar-refractivity contribution in [3.63, 3.8) is 0 Å². The highest BCUT2D eigenvalue weighted by atomic mass is 16.5. The molecule has 1 heterocycles. The molecule has 0 spiro atoms. The zero-order chi connectivity index (χ0) is 15.2. The molecule has 0 saturated carbocycles. The van der Waals surface area contributed by atoms with E-state index in [0.29, 0.717) is 13.0 Å². The number of hydrogen-bond donors (Lipinski definition) is 0. The van der Waals surface area contributed by atoms with Crippen LogP contribution in [0.2, 0.25) is 0 Å². The van der Waals surface area contributed by atoms with Crippen LogP contribution in [0.25, 0.3) is 0 Å². The summed E-state index contributed by atoms with van der Waals surface area (Å²) in [4.78, 5) is 26.1. The number of rotatable bonds is 5. The minimum Gasteiger partial charge on any atom is -0.459 e. The highest BCUT2D eigenvalue weighted by Gasteiger charge is 2.34. The minimum atomic E-state index is -0.471. The third-order valence-electron chi connectivity index (χ3n) is 3.79. The van der Waals surface area contributed by atoms with E-state index in [1.165, 1.54) is 0 Å². The molecule has 1 amide bonds. The second-order valence-electron chi connectivity index (χ2n) is 5.83. The molecule has 1 aromatic carbocycles. The van der Waals surface area contributed by atoms with Crippen LogP contribution < -0.4 is 0 Å². The first kappa shape index (κ1) is 15.5. The molecule has 0 aromatic heterocycles. The van der Waals surface area contributed by atoms with Crippen molar-refractivity contribution >= 4 is 11.9 Å². The van der Waals surface area contributed by atoms with E-state index in [1.54, 1.807) is 4.90 Å². The Kier molecular flexibility index (Phi) is 5.37. The SMILES string of the molecule is CC(C)C(C(=O)OCc1ccccc1)N1CCCCC1=O. The van der Waals surface area contributed by atoms with Crippen molar-refractivity contribution in [3.8, 4) is 0 Å². The van der Waals surface area contributed by atoms with Crippen LogP contribution in [0.4, 0.5) is 0 Å². The number of carbonyl (C=O) groups is 2. The van der Waals surface area contributed by atoms with Crippen LogP contribution in [0.15, 0.2) is 30.3 Å². The predicted molar refractivity (Wildman–Crippen MR) is 80.4 cm³/mol. The number of hydrogen-bond acceptors (Lipinski definition) is 3. The van der Waals surface area contributed by atoms with Gasteiger partial charge < -0.3 is 9.64 Å². The first-order valence-electron chi connectivity index (χ1n) is 7.59. The summed E-state index contributed by atoms with van der Waals surface area (Å²) in [6.07, 6.45) is 2.41. The van der Waals surface area contributed by atoms with Crippen LogP contribution in [0.1, 0.15) is 38.7 Å². The summed E-state index contributed by atoms with van der Waals surface area (Å²) in [5.41, 5.74) is 0.957. The Balaban J connectivity index is 2.00. The van der Waals surface area contributed by atoms with Gasteiger partial charge in [0.1, 0.15) is 12.6 Å². The summed E-state index contributed by atoms with van der Waals surface area (Å²) < 4.78 is 5.42. The Hall–Kier alpha value is -1.84. The van der Waals surface area contributed by atoms with Gasteiger partial charge in [-0.2, -0.15) is 0 Å². The van der Waals surface area contributed by atoms with Crippen LogP contribution in [-0.2, 0) is 20.9 Å². The summed E-state index contributed by atoms with van der Waals surface area (Å²) in [5.74, 6) is -0.184. The van der Waals surface area contributed by atoms with E-state index < -0.39 is 6.04 Å². The van der Waals surface area contributed by atoms with Gasteiger partial charge >= 0.3 is 5.97 Å². The van der Waals surface area contributed by atoms with Gasteiger partial charge in [-0.05, 0) is 24.3 Å². The third kappa shape index (κ3) is 4.06. The minimum absolute atomic E-state index is 0.0512. The topological polar surface area (TPSA) is 46.6 Å². The number of ether oxygens (including phenoxy) is 1. The van der Waals surface area contributed by atoms with Gasteiger partial charge in [0.25, 0.3) is 0 Å². The molecule has 0 bridgehead atoms. The van der Waals surface area contributed by atoms with Crippen LogP contribution in [0.5, 0.6) is 0 Å². The second kappa shape index (κ2) is 7.25. The van der Waals surface area contributed by atoms with Gasteiger partial charge in [-0.25, -0.2) is 4.79 Å². The normalized spacial score (nSPS) is 16.9. The number of benzene rings is 1. The zero-order valence-electron chi connectivity index (χ0n) is 12.7. The molecule has 1 saturated heterocycles. The molecule has 0 N–H and O–H groups in total. The molecule has 4 nitrogen and oxygen atoms in total. The summed E-state index contributed by atoms with van der Waals surface area (Å²) in [7, 11) is 0. The maximum atomic E-state index is 12.4. The number of amides is 1. The maximum absolute atomic E-state index is 12.4. The molecule has 1 aliphatic heterocycles. The molecule has 0 aliphatic carbocycles. The van der Waals surface area contributed by atoms with Gasteiger partial charge in [-0.3, -0.25) is 4.79 Å². The molecule has 1 aromatic rings. The molecule has 1 unspecified atom stereocenters. The van der Waals surface area contributed by atoms with Crippen molar-refractivity contribution in [1.82, 2.24) is 4.90 Å². The Labute approximate surface area is 126 Å². The lowest BCUT2D eigenvalue weighted by molar-refractivity contribution is -0.159. The number of nitrogens with zero attached hydrogens (tertiary/aromatic N) is 1. The number of likely N-dealkylation sites (tertiary alicyclic amines) is 1. The highest BCUT2D eigenvalue weighted by Crippen LogP contribution is 2.20. The monoisotopic (exact) mass is 289 g/mol. The first-order chi connectivity index (χ1) is 10.1. The highest BCUT2D eigenvalue weighted by molar-refractivity contribution is 5.85. The van der Waals surface area contributed by atoms with Crippen molar-refractivity contribution < 1.29 is 14.3 Å². The van der Waals surface area contributed by atoms with E-state index in [-0.39, 0.29) is 24.4 Å². The quantitative estimate of drug-likeness (QED) is 0.783. The fourth-order valence-electron chi connectivity index (χ4n) is 2.69. The maximum Gasteiger partial charge on any atom is 0.329 e. The summed E-state index contributed by atoms with van der Waals surface area (Å²) in [6, 6.07) is 9.12. The zero-order valence-corrected chi connectivity index (χ0v) is 12.7. The standard InChI is InChI=1S/C17H23NO3/c1-13(2)16(18-11-7-6-10-15(18)19)17(20)21-12-14-8-4-3-5-9-14/h3-5,8-9,13,16H,6-7,10-12H2,1-2H3. The Bertz CT molecular complexity index is 484. The smallest absolute Gasteiger partial charge is 0.329 e. The summed E-state index contributed by atoms with van der Waals surface area (Å²) in [5, 5.41) is 0. The van der Waals surface area contributed by atoms with Gasteiger partial charge in [0, 0.05) is 13.0 Å². The summed E-state index contributed by atoms with van der Waals surface area (Å²) >= 11 is 0. The third-order valence-corrected chi connectivity index (χ3v) is 3.79. The largest absolute Gasteiger partial charge is 0.459 e. The number of carbonyl (C=O) groups excluding carboxylic acids is 2. The number of piperidine rings is 1. The lowest BCUT2D eigenvalue weighted by atomic mass is 9.99. The van der Waals surface area contributed by atoms with E-state index in [2.05, 4.69) is 0 Å². The van der Waals surface area contributed by atoms with E-state index in [0.717, 1.165) is 18.4 Å². The van der Waals surface area contributed by atoms with Crippen molar-refractivity contribution in [3.05, 3.63) is 35.9 Å². The molecule has 2 rings (SSSR count). The van der Waals surface area contributed by atoms with Gasteiger partial charge in [-0.1, -0.05) is 44.2 Å². The van der Waals surface area contributed by atoms with Gasteiger partial charge in [0.2, 0.25) is 5.91 Å². The van der Waals surface area contributed by atoms with E-state index in [1.807, 2.05) is 44.2 Å². The average Bonchev–Trinajstić information content (AvgIpc) is 2.48. The van der Waals surface area contributed by atoms with E-state index in [9.17, 15) is 9.59 Å². The van der Waals surface area contributed by atoms with Crippen molar-refractivity contribution in [2.45, 2.75) is 45.8 Å². The average molecular weight is 289 g/mol. The van der Waals surface area contributed by atoms with Crippen molar-refractivity contribution in [2.24, 2.45) is 5.92 Å². The first-order valence-corrected chi connectivity index (χ1v) is 7.59. The van der Waals surface area contributed by atoms with E-state index >= 15 is 0 Å². The molecule has 4 heteroatoms. The Morgan fingerprint density at radius 2 is 1.95 bits per heavy atom. The van der Waals surface area contributed by atoms with Gasteiger partial charge in [0.15, 0.2) is 0 Å². The Morgan fingerprint density at radius 1 is 1.24 bits per heavy atom. The van der Waals surface area contributed by atoms with E-state index in [4.69, 9.17) is 4.74 Å². The molecule has 1 atom stereocenters. The fourth-order valence-corrected chi connectivity index (χ4v) is 2.69. The lowest BCUT2D eigenvalue weighted by Crippen LogP contribution is -2.50. The molecule has 21 heavy (non-hydrogen) atoms. The molecular weight excluding hydrogens is 266 g/mol. The van der Waals surface area contributed by atoms with Crippen LogP contribution >= 0.6 is 0 Å². The molecule has 114 valence electrons. The lowest BCUT2D eigenvalue weighted by Gasteiger charge is -2.35. The van der Waals surface area contributed by atoms with Crippen molar-refractivity contribution in [2.75, 3.05) is 6.54 Å². The molecule has 1 fully saturated rings. The predicted octanol–water partition coefficient (Wildman–Crippen LogP) is 2.77. The van der Waals surface area contributed by atoms with Crippen LogP contribution in [0, 0.1) is 5.92 Å². The van der Waals surface area contributed by atoms with Gasteiger partial charge in [-0.15, -0.1) is 0 Å². The molecule has 0 radical (unpaired) electrons. The Morgan fingerprint density at radius 3 is 2.57 bits per heavy atom. The summed E-state index contributed by atoms with van der Waals surface area (Å²) in [6.45, 7) is 4.82. The second-order valence-corrected chi connectivity index (χ2v) is 5.83. The van der Waals surface area contributed by atoms with Gasteiger partial charge in [0.05, 0.1) is 0 Å². The molecular formula is C17H23NO3. The fraction of sp³-hybridized carbons (Fsp3) is 0.529. The number of esters is 1.